The quantitative estimate of drug-likeness (QED) is 0.231. The van der Waals surface area contributed by atoms with Gasteiger partial charge in [-0.05, 0) is 75.4 Å². The highest BCUT2D eigenvalue weighted by atomic mass is 28.4. The number of Topliss-reactive ketones (excluding diaryl/α,β-unsaturated/α-hetero) is 1. The van der Waals surface area contributed by atoms with Crippen LogP contribution in [0, 0.1) is 17.3 Å². The molecule has 0 heterocycles. The molecule has 0 aromatic carbocycles. The van der Waals surface area contributed by atoms with Gasteiger partial charge in [0.05, 0.1) is 0 Å². The highest BCUT2D eigenvalue weighted by molar-refractivity contribution is 6.74. The molecule has 31 heavy (non-hydrogen) atoms. The van der Waals surface area contributed by atoms with Crippen molar-refractivity contribution in [2.24, 2.45) is 17.3 Å². The molecule has 1 fully saturated rings. The Morgan fingerprint density at radius 2 is 1.84 bits per heavy atom. The van der Waals surface area contributed by atoms with Gasteiger partial charge in [0.15, 0.2) is 14.1 Å². The van der Waals surface area contributed by atoms with Gasteiger partial charge in [-0.15, -0.1) is 0 Å². The number of carbonyl (C=O) groups is 2. The number of allylic oxidation sites excluding steroid dienone is 2. The fraction of sp³-hybridized carbons (Fsp3) is 0.846. The van der Waals surface area contributed by atoms with Crippen molar-refractivity contribution in [3.63, 3.8) is 0 Å². The molecule has 178 valence electrons. The standard InChI is InChI=1S/C26H46O4Si/c1-18(13-16-23(28)25(6,7)30-31(9,10)24(3,4)5)20-14-15-21-22(29-19(2)27)12-11-17-26(20,21)8/h14,18,21-22H,11-13,15-17H2,1-10H3/t18-,21+,22+,26-/m1/s1. The van der Waals surface area contributed by atoms with Crippen LogP contribution in [0.4, 0.5) is 0 Å². The fourth-order valence-corrected chi connectivity index (χ4v) is 7.19. The Balaban J connectivity index is 2.01. The first-order valence-electron chi connectivity index (χ1n) is 12.1. The summed E-state index contributed by atoms with van der Waals surface area (Å²) in [5.74, 6) is 0.742. The van der Waals surface area contributed by atoms with Gasteiger partial charge in [0, 0.05) is 19.3 Å². The van der Waals surface area contributed by atoms with Crippen molar-refractivity contribution in [1.82, 2.24) is 0 Å². The first-order valence-corrected chi connectivity index (χ1v) is 15.0. The van der Waals surface area contributed by atoms with Gasteiger partial charge in [-0.25, -0.2) is 0 Å². The third kappa shape index (κ3) is 5.71. The predicted molar refractivity (Wildman–Crippen MR) is 129 cm³/mol. The molecule has 2 rings (SSSR count). The number of esters is 1. The third-order valence-electron chi connectivity index (χ3n) is 8.34. The van der Waals surface area contributed by atoms with Gasteiger partial charge in [-0.3, -0.25) is 9.59 Å². The highest BCUT2D eigenvalue weighted by Gasteiger charge is 2.49. The molecule has 0 aliphatic heterocycles. The molecule has 0 bridgehead atoms. The maximum atomic E-state index is 13.1. The van der Waals surface area contributed by atoms with E-state index in [0.29, 0.717) is 18.3 Å². The topological polar surface area (TPSA) is 52.6 Å². The lowest BCUT2D eigenvalue weighted by Crippen LogP contribution is -2.50. The first kappa shape index (κ1) is 26.3. The average Bonchev–Trinajstić information content (AvgIpc) is 2.95. The van der Waals surface area contributed by atoms with Crippen molar-refractivity contribution >= 4 is 20.1 Å². The van der Waals surface area contributed by atoms with Gasteiger partial charge in [-0.2, -0.15) is 0 Å². The van der Waals surface area contributed by atoms with Gasteiger partial charge < -0.3 is 9.16 Å². The summed E-state index contributed by atoms with van der Waals surface area (Å²) < 4.78 is 12.2. The molecule has 0 unspecified atom stereocenters. The molecule has 0 spiro atoms. The summed E-state index contributed by atoms with van der Waals surface area (Å²) in [6.45, 7) is 21.0. The predicted octanol–water partition coefficient (Wildman–Crippen LogP) is 6.84. The zero-order valence-electron chi connectivity index (χ0n) is 21.7. The maximum absolute atomic E-state index is 13.1. The van der Waals surface area contributed by atoms with Crippen LogP contribution >= 0.6 is 0 Å². The van der Waals surface area contributed by atoms with Gasteiger partial charge in [0.25, 0.3) is 0 Å². The zero-order chi connectivity index (χ0) is 23.8. The Labute approximate surface area is 191 Å². The second-order valence-corrected chi connectivity index (χ2v) is 16.9. The summed E-state index contributed by atoms with van der Waals surface area (Å²) in [6.07, 6.45) is 7.94. The summed E-state index contributed by atoms with van der Waals surface area (Å²) >= 11 is 0. The molecule has 1 saturated carbocycles. The SMILES string of the molecule is CC(=O)O[C@H]1CCC[C@]2(C)C([C@H](C)CCC(=O)C(C)(C)O[Si](C)(C)C(C)(C)C)=CC[C@@H]12. The third-order valence-corrected chi connectivity index (χ3v) is 13.0. The Morgan fingerprint density at radius 3 is 2.39 bits per heavy atom. The molecule has 0 N–H and O–H groups in total. The minimum absolute atomic E-state index is 0.0238. The Kier molecular flexibility index (Phi) is 7.75. The van der Waals surface area contributed by atoms with Crippen LogP contribution in [-0.2, 0) is 18.8 Å². The molecule has 0 radical (unpaired) electrons. The zero-order valence-corrected chi connectivity index (χ0v) is 22.7. The fourth-order valence-electron chi connectivity index (χ4n) is 5.50. The molecule has 0 aromatic rings. The van der Waals surface area contributed by atoms with Crippen LogP contribution in [0.15, 0.2) is 11.6 Å². The number of rotatable bonds is 8. The summed E-state index contributed by atoms with van der Waals surface area (Å²) in [5, 5.41) is 0.0789. The largest absolute Gasteiger partial charge is 0.462 e. The van der Waals surface area contributed by atoms with Gasteiger partial charge in [0.2, 0.25) is 0 Å². The van der Waals surface area contributed by atoms with E-state index in [1.807, 2.05) is 13.8 Å². The molecule has 4 nitrogen and oxygen atoms in total. The molecule has 2 aliphatic carbocycles. The summed E-state index contributed by atoms with van der Waals surface area (Å²) in [6, 6.07) is 0. The van der Waals surface area contributed by atoms with Crippen molar-refractivity contribution in [2.75, 3.05) is 0 Å². The molecule has 5 heteroatoms. The van der Waals surface area contributed by atoms with Gasteiger partial charge in [-0.1, -0.05) is 46.3 Å². The highest BCUT2D eigenvalue weighted by Crippen LogP contribution is 2.55. The first-order chi connectivity index (χ1) is 14.0. The van der Waals surface area contributed by atoms with E-state index in [9.17, 15) is 9.59 Å². The summed E-state index contributed by atoms with van der Waals surface area (Å²) in [4.78, 5) is 24.7. The van der Waals surface area contributed by atoms with Crippen LogP contribution in [-0.4, -0.2) is 31.8 Å². The van der Waals surface area contributed by atoms with E-state index in [4.69, 9.17) is 9.16 Å². The monoisotopic (exact) mass is 450 g/mol. The van der Waals surface area contributed by atoms with E-state index in [-0.39, 0.29) is 28.3 Å². The lowest BCUT2D eigenvalue weighted by Gasteiger charge is -2.44. The minimum Gasteiger partial charge on any atom is -0.462 e. The minimum atomic E-state index is -2.02. The van der Waals surface area contributed by atoms with Crippen LogP contribution in [0.1, 0.15) is 93.9 Å². The molecule has 4 atom stereocenters. The molecular formula is C26H46O4Si. The van der Waals surface area contributed by atoms with E-state index in [1.165, 1.54) is 12.5 Å². The Bertz CT molecular complexity index is 715. The number of hydrogen-bond acceptors (Lipinski definition) is 4. The summed E-state index contributed by atoms with van der Waals surface area (Å²) in [5.41, 5.74) is 0.795. The lowest BCUT2D eigenvalue weighted by atomic mass is 9.63. The van der Waals surface area contributed by atoms with Crippen molar-refractivity contribution < 1.29 is 18.8 Å². The number of fused-ring (bicyclic) bond motifs is 1. The van der Waals surface area contributed by atoms with Crippen LogP contribution < -0.4 is 0 Å². The summed E-state index contributed by atoms with van der Waals surface area (Å²) in [7, 11) is -2.02. The molecular weight excluding hydrogens is 404 g/mol. The van der Waals surface area contributed by atoms with Crippen LogP contribution in [0.3, 0.4) is 0 Å². The number of hydrogen-bond donors (Lipinski definition) is 0. The number of carbonyl (C=O) groups excluding carboxylic acids is 2. The van der Waals surface area contributed by atoms with Crippen molar-refractivity contribution in [1.29, 1.82) is 0 Å². The maximum Gasteiger partial charge on any atom is 0.302 e. The number of ether oxygens (including phenoxy) is 1. The van der Waals surface area contributed by atoms with Crippen molar-refractivity contribution in [2.45, 2.75) is 124 Å². The Morgan fingerprint density at radius 1 is 1.23 bits per heavy atom. The molecule has 0 saturated heterocycles. The smallest absolute Gasteiger partial charge is 0.302 e. The van der Waals surface area contributed by atoms with Crippen molar-refractivity contribution in [3.8, 4) is 0 Å². The van der Waals surface area contributed by atoms with Gasteiger partial charge >= 0.3 is 5.97 Å². The molecule has 0 aromatic heterocycles. The molecule has 2 aliphatic rings. The van der Waals surface area contributed by atoms with E-state index >= 15 is 0 Å². The Hall–Kier alpha value is -0.943. The van der Waals surface area contributed by atoms with E-state index in [0.717, 1.165) is 32.1 Å². The number of ketones is 1. The second kappa shape index (κ2) is 9.13. The van der Waals surface area contributed by atoms with Crippen molar-refractivity contribution in [3.05, 3.63) is 11.6 Å². The lowest BCUT2D eigenvalue weighted by molar-refractivity contribution is -0.153. The average molecular weight is 451 g/mol. The van der Waals surface area contributed by atoms with E-state index in [1.54, 1.807) is 0 Å². The van der Waals surface area contributed by atoms with Crippen LogP contribution in [0.5, 0.6) is 0 Å². The normalized spacial score (nSPS) is 28.0. The van der Waals surface area contributed by atoms with Crippen LogP contribution in [0.2, 0.25) is 18.1 Å². The van der Waals surface area contributed by atoms with E-state index < -0.39 is 13.9 Å². The van der Waals surface area contributed by atoms with E-state index in [2.05, 4.69) is 53.8 Å². The van der Waals surface area contributed by atoms with Crippen LogP contribution in [0.25, 0.3) is 0 Å². The molecule has 0 amide bonds. The van der Waals surface area contributed by atoms with Gasteiger partial charge in [0.1, 0.15) is 11.7 Å². The second-order valence-electron chi connectivity index (χ2n) is 12.2.